The van der Waals surface area contributed by atoms with E-state index in [0.717, 1.165) is 63.2 Å². The molecule has 344 valence electrons. The smallest absolute Gasteiger partial charge is 0.145 e. The van der Waals surface area contributed by atoms with Crippen molar-refractivity contribution < 1.29 is 8.83 Å². The van der Waals surface area contributed by atoms with Crippen molar-refractivity contribution in [1.82, 2.24) is 0 Å². The third kappa shape index (κ3) is 5.83. The van der Waals surface area contributed by atoms with E-state index < -0.39 is 10.8 Å². The van der Waals surface area contributed by atoms with Gasteiger partial charge in [0.15, 0.2) is 0 Å². The molecule has 2 heterocycles. The van der Waals surface area contributed by atoms with Crippen LogP contribution in [-0.4, -0.2) is 0 Å². The lowest BCUT2D eigenvalue weighted by atomic mass is 9.72. The van der Waals surface area contributed by atoms with Crippen LogP contribution in [0.25, 0.3) is 61.2 Å². The van der Waals surface area contributed by atoms with Crippen LogP contribution in [0.15, 0.2) is 148 Å². The molecule has 4 nitrogen and oxygen atoms in total. The first-order chi connectivity index (χ1) is 33.7. The molecule has 0 amide bonds. The molecule has 0 spiro atoms. The summed E-state index contributed by atoms with van der Waals surface area (Å²) >= 11 is 0. The van der Waals surface area contributed by atoms with Crippen molar-refractivity contribution in [2.24, 2.45) is 0 Å². The summed E-state index contributed by atoms with van der Waals surface area (Å²) in [6, 6.07) is 49.8. The number of fused-ring (bicyclic) bond motifs is 15. The maximum absolute atomic E-state index is 7.27. The Morgan fingerprint density at radius 1 is 0.457 bits per heavy atom. The third-order valence-corrected chi connectivity index (χ3v) is 16.3. The first kappa shape index (κ1) is 42.5. The number of nitrogens with zero attached hydrogens (tertiary/aromatic N) is 2. The van der Waals surface area contributed by atoms with Gasteiger partial charge in [-0.1, -0.05) is 136 Å². The Bertz CT molecular complexity index is 3930. The van der Waals surface area contributed by atoms with Crippen molar-refractivity contribution in [3.63, 3.8) is 0 Å². The zero-order valence-corrected chi connectivity index (χ0v) is 42.0. The van der Waals surface area contributed by atoms with E-state index in [0.29, 0.717) is 0 Å². The molecule has 0 bridgehead atoms. The van der Waals surface area contributed by atoms with Crippen molar-refractivity contribution in [1.29, 1.82) is 0 Å². The molecular formula is C66H58N2O2. The van der Waals surface area contributed by atoms with Crippen molar-refractivity contribution in [3.8, 4) is 22.3 Å². The number of anilines is 6. The minimum Gasteiger partial charge on any atom is -0.456 e. The third-order valence-electron chi connectivity index (χ3n) is 16.3. The van der Waals surface area contributed by atoms with Gasteiger partial charge in [0.25, 0.3) is 0 Å². The Kier molecular flexibility index (Phi) is 9.10. The van der Waals surface area contributed by atoms with Gasteiger partial charge in [0.2, 0.25) is 0 Å². The number of allylic oxidation sites excluding steroid dienone is 1. The zero-order chi connectivity index (χ0) is 48.1. The molecule has 0 radical (unpaired) electrons. The molecule has 13 rings (SSSR count). The Labute approximate surface area is 411 Å². The average molecular weight is 911 g/mol. The molecule has 10 aromatic rings. The molecule has 4 heteroatoms. The van der Waals surface area contributed by atoms with Crippen molar-refractivity contribution >= 4 is 73.1 Å². The molecule has 70 heavy (non-hydrogen) atoms. The summed E-state index contributed by atoms with van der Waals surface area (Å²) in [5.74, 6) is 0.975. The lowest BCUT2D eigenvalue weighted by Crippen LogP contribution is -2.24. The van der Waals surface area contributed by atoms with E-state index in [-0.39, 0.29) is 0 Å². The van der Waals surface area contributed by atoms with E-state index in [1.165, 1.54) is 106 Å². The van der Waals surface area contributed by atoms with Crippen molar-refractivity contribution in [2.45, 2.75) is 92.9 Å². The van der Waals surface area contributed by atoms with Gasteiger partial charge in [0.1, 0.15) is 22.5 Å². The fourth-order valence-corrected chi connectivity index (χ4v) is 13.0. The SMILES string of the molecule is Cc1ccc(N(c2ccccc2C)c2cc3c(c4oc5c(c24)CCC=C5)-c2ccc4c(c2C3(C)C)C(C)(C)c2cc(N(c3ccccc3C)c3ccc(C)cc3C)c3c(oc5ccccc53)c2-4)c(C)c1. The number of hydrogen-bond donors (Lipinski definition) is 0. The number of benzene rings is 8. The lowest BCUT2D eigenvalue weighted by molar-refractivity contribution is 0.592. The average Bonchev–Trinajstić information content (AvgIpc) is 4.04. The van der Waals surface area contributed by atoms with E-state index in [1.54, 1.807) is 0 Å². The minimum atomic E-state index is -0.407. The molecule has 3 aliphatic rings. The van der Waals surface area contributed by atoms with Gasteiger partial charge in [-0.3, -0.25) is 0 Å². The highest BCUT2D eigenvalue weighted by Gasteiger charge is 2.49. The van der Waals surface area contributed by atoms with Crippen LogP contribution in [0.4, 0.5) is 34.1 Å². The van der Waals surface area contributed by atoms with Crippen LogP contribution >= 0.6 is 0 Å². The molecule has 0 saturated heterocycles. The summed E-state index contributed by atoms with van der Waals surface area (Å²) < 4.78 is 14.5. The van der Waals surface area contributed by atoms with Crippen LogP contribution < -0.4 is 9.80 Å². The number of hydrogen-bond acceptors (Lipinski definition) is 4. The van der Waals surface area contributed by atoms with Gasteiger partial charge < -0.3 is 18.6 Å². The van der Waals surface area contributed by atoms with Gasteiger partial charge in [0, 0.05) is 61.0 Å². The molecule has 0 unspecified atom stereocenters. The summed E-state index contributed by atoms with van der Waals surface area (Å²) in [5, 5.41) is 3.46. The van der Waals surface area contributed by atoms with E-state index in [1.807, 2.05) is 0 Å². The first-order valence-corrected chi connectivity index (χ1v) is 25.1. The second kappa shape index (κ2) is 15.0. The maximum Gasteiger partial charge on any atom is 0.145 e. The number of furan rings is 2. The van der Waals surface area contributed by atoms with Gasteiger partial charge in [-0.2, -0.15) is 0 Å². The summed E-state index contributed by atoms with van der Waals surface area (Å²) in [6.07, 6.45) is 6.39. The topological polar surface area (TPSA) is 32.8 Å². The van der Waals surface area contributed by atoms with Crippen molar-refractivity contribution in [3.05, 3.63) is 206 Å². The highest BCUT2D eigenvalue weighted by molar-refractivity contribution is 6.20. The Morgan fingerprint density at radius 2 is 0.943 bits per heavy atom. The van der Waals surface area contributed by atoms with Crippen LogP contribution in [0.3, 0.4) is 0 Å². The zero-order valence-electron chi connectivity index (χ0n) is 42.0. The van der Waals surface area contributed by atoms with E-state index >= 15 is 0 Å². The Morgan fingerprint density at radius 3 is 1.49 bits per heavy atom. The van der Waals surface area contributed by atoms with Crippen LogP contribution in [0.5, 0.6) is 0 Å². The fraction of sp³-hybridized carbons (Fsp3) is 0.212. The molecule has 0 fully saturated rings. The second-order valence-electron chi connectivity index (χ2n) is 21.5. The molecule has 0 aliphatic heterocycles. The van der Waals surface area contributed by atoms with Gasteiger partial charge >= 0.3 is 0 Å². The van der Waals surface area contributed by atoms with Crippen molar-refractivity contribution in [2.75, 3.05) is 9.80 Å². The molecule has 0 atom stereocenters. The summed E-state index contributed by atoms with van der Waals surface area (Å²) in [7, 11) is 0. The molecule has 3 aliphatic carbocycles. The maximum atomic E-state index is 7.27. The highest BCUT2D eigenvalue weighted by atomic mass is 16.3. The van der Waals surface area contributed by atoms with Gasteiger partial charge in [-0.25, -0.2) is 0 Å². The summed E-state index contributed by atoms with van der Waals surface area (Å²) in [6.45, 7) is 23.1. The molecular weight excluding hydrogens is 853 g/mol. The largest absolute Gasteiger partial charge is 0.456 e. The second-order valence-corrected chi connectivity index (χ2v) is 21.5. The normalized spacial score (nSPS) is 14.8. The Hall–Kier alpha value is -7.56. The van der Waals surface area contributed by atoms with Crippen LogP contribution in [0.2, 0.25) is 0 Å². The standard InChI is InChI=1S/C66H58N2O2/c1-37-27-31-51(41(5)33-37)67(49-23-15-11-19-39(49)3)53-35-47-57(63-59(53)43-21-13-17-25-55(43)69-63)45-29-30-46-58-48(66(9,10)62(46)61(45)65(47,7)8)36-54(60-44-22-14-18-26-56(44)70-64(58)60)68(50-24-16-12-20-40(50)4)52-32-28-38(2)34-42(52)6/h11-13,15-21,23-36H,14,22H2,1-10H3. The first-order valence-electron chi connectivity index (χ1n) is 25.1. The molecule has 8 aromatic carbocycles. The molecule has 0 saturated carbocycles. The monoisotopic (exact) mass is 910 g/mol. The van der Waals surface area contributed by atoms with E-state index in [9.17, 15) is 0 Å². The number of para-hydroxylation sites is 3. The predicted molar refractivity (Wildman–Crippen MR) is 294 cm³/mol. The Balaban J connectivity index is 1.10. The van der Waals surface area contributed by atoms with Gasteiger partial charge in [-0.15, -0.1) is 0 Å². The predicted octanol–water partition coefficient (Wildman–Crippen LogP) is 18.7. The number of aryl methyl sites for hydroxylation is 7. The summed E-state index contributed by atoms with van der Waals surface area (Å²) in [4.78, 5) is 5.03. The molecule has 2 aromatic heterocycles. The van der Waals surface area contributed by atoms with E-state index in [2.05, 4.69) is 225 Å². The quantitative estimate of drug-likeness (QED) is 0.166. The fourth-order valence-electron chi connectivity index (χ4n) is 13.0. The lowest BCUT2D eigenvalue weighted by Gasteiger charge is -2.33. The number of rotatable bonds is 6. The van der Waals surface area contributed by atoms with Crippen LogP contribution in [0, 0.1) is 41.5 Å². The molecule has 0 N–H and O–H groups in total. The minimum absolute atomic E-state index is 0.400. The van der Waals surface area contributed by atoms with Gasteiger partial charge in [-0.05, 0) is 159 Å². The van der Waals surface area contributed by atoms with Crippen LogP contribution in [0.1, 0.15) is 101 Å². The highest BCUT2D eigenvalue weighted by Crippen LogP contribution is 2.64. The van der Waals surface area contributed by atoms with E-state index in [4.69, 9.17) is 8.83 Å². The summed E-state index contributed by atoms with van der Waals surface area (Å²) in [5.41, 5.74) is 27.9. The van der Waals surface area contributed by atoms with Crippen LogP contribution in [-0.2, 0) is 17.3 Å². The van der Waals surface area contributed by atoms with Gasteiger partial charge in [0.05, 0.1) is 16.8 Å².